The van der Waals surface area contributed by atoms with Crippen LogP contribution in [0.1, 0.15) is 52.4 Å². The molecular weight excluding hydrogens is 174 g/mol. The Balaban J connectivity index is 2.12. The molecule has 0 aromatic rings. The van der Waals surface area contributed by atoms with Crippen LogP contribution in [0.4, 0.5) is 0 Å². The van der Waals surface area contributed by atoms with E-state index in [1.807, 2.05) is 0 Å². The van der Waals surface area contributed by atoms with Crippen LogP contribution in [0.2, 0.25) is 0 Å². The molecule has 0 bridgehead atoms. The Kier molecular flexibility index (Phi) is 4.90. The van der Waals surface area contributed by atoms with Crippen LogP contribution in [0.25, 0.3) is 0 Å². The molecule has 0 aromatic heterocycles. The lowest BCUT2D eigenvalue weighted by molar-refractivity contribution is 0.0711. The van der Waals surface area contributed by atoms with Gasteiger partial charge in [0.1, 0.15) is 0 Å². The molecule has 14 heavy (non-hydrogen) atoms. The highest BCUT2D eigenvalue weighted by Crippen LogP contribution is 2.29. The standard InChI is InChI=1S/C12H25NO/c1-3-5-8-12(13,4-2)10-14-9-11-6-7-11/h11H,3-10,13H2,1-2H3. The molecule has 84 valence electrons. The predicted molar refractivity (Wildman–Crippen MR) is 60.3 cm³/mol. The Labute approximate surface area is 88.2 Å². The number of unbranched alkanes of at least 4 members (excludes halogenated alkanes) is 1. The molecule has 1 unspecified atom stereocenters. The fourth-order valence-corrected chi connectivity index (χ4v) is 1.59. The van der Waals surface area contributed by atoms with Crippen LogP contribution < -0.4 is 5.73 Å². The van der Waals surface area contributed by atoms with Gasteiger partial charge in [-0.15, -0.1) is 0 Å². The minimum absolute atomic E-state index is 0.0646. The number of ether oxygens (including phenoxy) is 1. The Morgan fingerprint density at radius 3 is 2.57 bits per heavy atom. The van der Waals surface area contributed by atoms with Crippen LogP contribution in [-0.4, -0.2) is 18.8 Å². The monoisotopic (exact) mass is 199 g/mol. The van der Waals surface area contributed by atoms with E-state index in [-0.39, 0.29) is 5.54 Å². The van der Waals surface area contributed by atoms with Crippen LogP contribution in [-0.2, 0) is 4.74 Å². The fourth-order valence-electron chi connectivity index (χ4n) is 1.59. The van der Waals surface area contributed by atoms with Gasteiger partial charge < -0.3 is 10.5 Å². The van der Waals surface area contributed by atoms with Gasteiger partial charge >= 0.3 is 0 Å². The topological polar surface area (TPSA) is 35.2 Å². The summed E-state index contributed by atoms with van der Waals surface area (Å²) in [6, 6.07) is 0. The van der Waals surface area contributed by atoms with Crippen molar-refractivity contribution in [1.82, 2.24) is 0 Å². The number of hydrogen-bond acceptors (Lipinski definition) is 2. The largest absolute Gasteiger partial charge is 0.379 e. The molecule has 1 saturated carbocycles. The maximum absolute atomic E-state index is 6.27. The lowest BCUT2D eigenvalue weighted by atomic mass is 9.92. The van der Waals surface area contributed by atoms with Crippen LogP contribution >= 0.6 is 0 Å². The normalized spacial score (nSPS) is 20.8. The first-order chi connectivity index (χ1) is 6.70. The third-order valence-electron chi connectivity index (χ3n) is 3.17. The van der Waals surface area contributed by atoms with Crippen molar-refractivity contribution in [3.63, 3.8) is 0 Å². The summed E-state index contributed by atoms with van der Waals surface area (Å²) in [4.78, 5) is 0. The first kappa shape index (κ1) is 12.0. The highest BCUT2D eigenvalue weighted by molar-refractivity contribution is 4.82. The van der Waals surface area contributed by atoms with Crippen molar-refractivity contribution in [2.45, 2.75) is 57.9 Å². The van der Waals surface area contributed by atoms with Gasteiger partial charge in [0, 0.05) is 12.1 Å². The average Bonchev–Trinajstić information content (AvgIpc) is 2.99. The molecule has 0 heterocycles. The van der Waals surface area contributed by atoms with E-state index in [0.717, 1.165) is 32.0 Å². The molecule has 0 amide bonds. The second kappa shape index (κ2) is 5.72. The maximum Gasteiger partial charge on any atom is 0.0646 e. The van der Waals surface area contributed by atoms with Gasteiger partial charge in [-0.2, -0.15) is 0 Å². The maximum atomic E-state index is 6.27. The van der Waals surface area contributed by atoms with Crippen molar-refractivity contribution in [3.05, 3.63) is 0 Å². The SMILES string of the molecule is CCCCC(N)(CC)COCC1CC1. The molecule has 1 aliphatic carbocycles. The van der Waals surface area contributed by atoms with Gasteiger partial charge in [-0.25, -0.2) is 0 Å². The molecule has 1 rings (SSSR count). The zero-order valence-electron chi connectivity index (χ0n) is 9.72. The second-order valence-electron chi connectivity index (χ2n) is 4.78. The fraction of sp³-hybridized carbons (Fsp3) is 1.00. The Morgan fingerprint density at radius 2 is 2.07 bits per heavy atom. The number of hydrogen-bond donors (Lipinski definition) is 1. The molecule has 0 aromatic carbocycles. The molecule has 1 atom stereocenters. The quantitative estimate of drug-likeness (QED) is 0.652. The van der Waals surface area contributed by atoms with Crippen LogP contribution in [0.15, 0.2) is 0 Å². The van der Waals surface area contributed by atoms with Crippen LogP contribution in [0.5, 0.6) is 0 Å². The van der Waals surface area contributed by atoms with Crippen molar-refractivity contribution in [3.8, 4) is 0 Å². The van der Waals surface area contributed by atoms with E-state index in [1.54, 1.807) is 0 Å². The summed E-state index contributed by atoms with van der Waals surface area (Å²) in [6.45, 7) is 6.06. The molecule has 0 radical (unpaired) electrons. The minimum atomic E-state index is -0.0646. The number of rotatable bonds is 8. The Bertz CT molecular complexity index is 156. The summed E-state index contributed by atoms with van der Waals surface area (Å²) in [5.41, 5.74) is 6.20. The first-order valence-electron chi connectivity index (χ1n) is 6.07. The van der Waals surface area contributed by atoms with Gasteiger partial charge in [0.25, 0.3) is 0 Å². The highest BCUT2D eigenvalue weighted by Gasteiger charge is 2.25. The Morgan fingerprint density at radius 1 is 1.36 bits per heavy atom. The average molecular weight is 199 g/mol. The van der Waals surface area contributed by atoms with Crippen molar-refractivity contribution in [2.24, 2.45) is 11.7 Å². The van der Waals surface area contributed by atoms with Crippen LogP contribution in [0, 0.1) is 5.92 Å². The molecule has 0 spiro atoms. The molecule has 1 aliphatic rings. The van der Waals surface area contributed by atoms with Gasteiger partial charge in [-0.3, -0.25) is 0 Å². The van der Waals surface area contributed by atoms with Gasteiger partial charge in [0.05, 0.1) is 6.61 Å². The molecule has 0 aliphatic heterocycles. The minimum Gasteiger partial charge on any atom is -0.379 e. The summed E-state index contributed by atoms with van der Waals surface area (Å²) in [7, 11) is 0. The first-order valence-corrected chi connectivity index (χ1v) is 6.07. The van der Waals surface area contributed by atoms with Crippen LogP contribution in [0.3, 0.4) is 0 Å². The second-order valence-corrected chi connectivity index (χ2v) is 4.78. The third-order valence-corrected chi connectivity index (χ3v) is 3.17. The van der Waals surface area contributed by atoms with E-state index in [1.165, 1.54) is 25.7 Å². The van der Waals surface area contributed by atoms with E-state index >= 15 is 0 Å². The van der Waals surface area contributed by atoms with E-state index in [9.17, 15) is 0 Å². The molecule has 2 nitrogen and oxygen atoms in total. The molecule has 2 N–H and O–H groups in total. The third kappa shape index (κ3) is 4.43. The van der Waals surface area contributed by atoms with E-state index < -0.39 is 0 Å². The van der Waals surface area contributed by atoms with Crippen molar-refractivity contribution >= 4 is 0 Å². The summed E-state index contributed by atoms with van der Waals surface area (Å²) >= 11 is 0. The molecule has 1 fully saturated rings. The Hall–Kier alpha value is -0.0800. The zero-order chi connectivity index (χ0) is 10.4. The summed E-state index contributed by atoms with van der Waals surface area (Å²) < 4.78 is 5.69. The summed E-state index contributed by atoms with van der Waals surface area (Å²) in [5, 5.41) is 0. The predicted octanol–water partition coefficient (Wildman–Crippen LogP) is 2.71. The van der Waals surface area contributed by atoms with E-state index in [4.69, 9.17) is 10.5 Å². The lowest BCUT2D eigenvalue weighted by Gasteiger charge is -2.27. The van der Waals surface area contributed by atoms with Gasteiger partial charge in [0.2, 0.25) is 0 Å². The summed E-state index contributed by atoms with van der Waals surface area (Å²) in [5.74, 6) is 0.849. The van der Waals surface area contributed by atoms with Gasteiger partial charge in [0.15, 0.2) is 0 Å². The molecular formula is C12H25NO. The highest BCUT2D eigenvalue weighted by atomic mass is 16.5. The van der Waals surface area contributed by atoms with E-state index in [0.29, 0.717) is 0 Å². The van der Waals surface area contributed by atoms with Gasteiger partial charge in [-0.1, -0.05) is 26.7 Å². The molecule has 2 heteroatoms. The van der Waals surface area contributed by atoms with Gasteiger partial charge in [-0.05, 0) is 31.6 Å². The smallest absolute Gasteiger partial charge is 0.0646 e. The van der Waals surface area contributed by atoms with E-state index in [2.05, 4.69) is 13.8 Å². The van der Waals surface area contributed by atoms with Crippen molar-refractivity contribution in [2.75, 3.05) is 13.2 Å². The number of nitrogens with two attached hydrogens (primary N) is 1. The molecule has 0 saturated heterocycles. The van der Waals surface area contributed by atoms with Crippen molar-refractivity contribution < 1.29 is 4.74 Å². The van der Waals surface area contributed by atoms with Crippen molar-refractivity contribution in [1.29, 1.82) is 0 Å². The summed E-state index contributed by atoms with van der Waals surface area (Å²) in [6.07, 6.45) is 7.29. The lowest BCUT2D eigenvalue weighted by Crippen LogP contribution is -2.44. The zero-order valence-corrected chi connectivity index (χ0v) is 9.72.